The number of amides is 2. The Morgan fingerprint density at radius 3 is 2.12 bits per heavy atom. The molecule has 286 valence electrons. The van der Waals surface area contributed by atoms with Crippen molar-refractivity contribution in [3.8, 4) is 17.6 Å². The summed E-state index contributed by atoms with van der Waals surface area (Å²) in [5.74, 6) is -0.155. The van der Waals surface area contributed by atoms with Gasteiger partial charge in [-0.3, -0.25) is 28.9 Å². The van der Waals surface area contributed by atoms with Crippen LogP contribution in [0.4, 0.5) is 5.69 Å². The van der Waals surface area contributed by atoms with Gasteiger partial charge in [-0.2, -0.15) is 0 Å². The van der Waals surface area contributed by atoms with E-state index >= 15 is 0 Å². The van der Waals surface area contributed by atoms with Gasteiger partial charge in [-0.1, -0.05) is 84.6 Å². The lowest BCUT2D eigenvalue weighted by Crippen LogP contribution is -2.53. The Morgan fingerprint density at radius 2 is 1.52 bits per heavy atom. The normalized spacial score (nSPS) is 23.6. The molecule has 0 bridgehead atoms. The average Bonchev–Trinajstić information content (AvgIpc) is 3.70. The molecule has 6 atom stereocenters. The van der Waals surface area contributed by atoms with Gasteiger partial charge in [0.25, 0.3) is 0 Å². The van der Waals surface area contributed by atoms with Crippen LogP contribution in [0.15, 0.2) is 103 Å². The Bertz CT molecular complexity index is 2200. The summed E-state index contributed by atoms with van der Waals surface area (Å²) in [5, 5.41) is 12.3. The maximum atomic E-state index is 14.9. The van der Waals surface area contributed by atoms with E-state index in [1.807, 2.05) is 65.6 Å². The molecular formula is C43H39N3O10. The van der Waals surface area contributed by atoms with Crippen LogP contribution in [0.2, 0.25) is 0 Å². The smallest absolute Gasteiger partial charge is 0.324 e. The number of methoxy groups -OCH3 is 2. The molecule has 1 spiro atoms. The molecule has 0 aliphatic carbocycles. The highest BCUT2D eigenvalue weighted by Crippen LogP contribution is 2.64. The van der Waals surface area contributed by atoms with E-state index in [0.717, 1.165) is 19.8 Å². The first-order chi connectivity index (χ1) is 27.1. The molecule has 13 heteroatoms. The molecule has 3 aliphatic rings. The number of carbonyl (C=O) groups excluding carboxylic acids is 5. The molecule has 2 saturated heterocycles. The molecule has 4 aromatic rings. The molecule has 0 unspecified atom stereocenters. The summed E-state index contributed by atoms with van der Waals surface area (Å²) in [6.45, 7) is -0.135. The van der Waals surface area contributed by atoms with Crippen LogP contribution < -0.4 is 15.8 Å². The number of hydrogen-bond donors (Lipinski definition) is 3. The van der Waals surface area contributed by atoms with Crippen molar-refractivity contribution in [1.29, 1.82) is 0 Å². The van der Waals surface area contributed by atoms with Gasteiger partial charge in [0.05, 0.1) is 38.8 Å². The molecule has 0 radical (unpaired) electrons. The van der Waals surface area contributed by atoms with Crippen molar-refractivity contribution < 1.29 is 48.0 Å². The summed E-state index contributed by atoms with van der Waals surface area (Å²) in [5.41, 5.74) is 7.76. The van der Waals surface area contributed by atoms with E-state index in [4.69, 9.17) is 24.7 Å². The van der Waals surface area contributed by atoms with E-state index < -0.39 is 71.2 Å². The molecule has 4 aromatic carbocycles. The van der Waals surface area contributed by atoms with E-state index in [1.165, 1.54) is 0 Å². The van der Waals surface area contributed by atoms with Crippen LogP contribution in [0.5, 0.6) is 5.75 Å². The lowest BCUT2D eigenvalue weighted by atomic mass is 9.65. The number of nitrogens with zero attached hydrogens (tertiary/aromatic N) is 1. The molecule has 0 aromatic heterocycles. The van der Waals surface area contributed by atoms with Crippen LogP contribution in [0, 0.1) is 23.7 Å². The zero-order chi connectivity index (χ0) is 39.6. The van der Waals surface area contributed by atoms with Crippen molar-refractivity contribution in [1.82, 2.24) is 4.90 Å². The first kappa shape index (κ1) is 37.8. The molecule has 3 aliphatic heterocycles. The minimum absolute atomic E-state index is 0.0605. The number of carbonyl (C=O) groups is 5. The van der Waals surface area contributed by atoms with Gasteiger partial charge in [0.1, 0.15) is 29.9 Å². The number of nitrogens with one attached hydrogen (secondary N) is 1. The second-order valence-electron chi connectivity index (χ2n) is 13.6. The highest BCUT2D eigenvalue weighted by molar-refractivity contribution is 6.12. The molecule has 4 N–H and O–H groups in total. The van der Waals surface area contributed by atoms with E-state index in [9.17, 15) is 29.1 Å². The summed E-state index contributed by atoms with van der Waals surface area (Å²) in [4.78, 5) is 70.0. The Labute approximate surface area is 322 Å². The van der Waals surface area contributed by atoms with Gasteiger partial charge in [-0.05, 0) is 52.6 Å². The highest BCUT2D eigenvalue weighted by Gasteiger charge is 2.73. The number of benzene rings is 4. The van der Waals surface area contributed by atoms with Crippen molar-refractivity contribution in [2.24, 2.45) is 17.6 Å². The second-order valence-corrected chi connectivity index (χ2v) is 13.6. The number of aliphatic hydroxyl groups excluding tert-OH is 1. The molecule has 7 rings (SSSR count). The van der Waals surface area contributed by atoms with Crippen LogP contribution in [-0.2, 0) is 43.6 Å². The molecule has 0 saturated carbocycles. The average molecular weight is 758 g/mol. The topological polar surface area (TPSA) is 184 Å². The lowest BCUT2D eigenvalue weighted by molar-refractivity contribution is -0.178. The van der Waals surface area contributed by atoms with Gasteiger partial charge in [0.2, 0.25) is 11.8 Å². The zero-order valence-corrected chi connectivity index (χ0v) is 30.5. The predicted octanol–water partition coefficient (Wildman–Crippen LogP) is 3.52. The Hall–Kier alpha value is -6.49. The quantitative estimate of drug-likeness (QED) is 0.0932. The fourth-order valence-electron chi connectivity index (χ4n) is 8.41. The lowest BCUT2D eigenvalue weighted by Gasteiger charge is -2.46. The molecule has 3 heterocycles. The SMILES string of the molecule is COC(=O)C(CC#Cc1ccc2c(c1)[C@]1(C(=O)N2)[C@H](C(N)=O)[C@H]2C(=O)O[C@H](c3ccccc3)[C@H](c3ccccc3)N2[C@@H]1c1ccc(OCCO)cc1)C(=O)OC. The maximum Gasteiger partial charge on any atom is 0.324 e. The number of morpholine rings is 1. The van der Waals surface area contributed by atoms with E-state index in [-0.39, 0.29) is 19.6 Å². The summed E-state index contributed by atoms with van der Waals surface area (Å²) in [7, 11) is 2.32. The second kappa shape index (κ2) is 15.7. The van der Waals surface area contributed by atoms with Gasteiger partial charge < -0.3 is 35.1 Å². The third-order valence-electron chi connectivity index (χ3n) is 10.7. The predicted molar refractivity (Wildman–Crippen MR) is 200 cm³/mol. The number of ether oxygens (including phenoxy) is 4. The minimum atomic E-state index is -1.80. The number of aliphatic hydroxyl groups is 1. The number of primary amides is 1. The van der Waals surface area contributed by atoms with Gasteiger partial charge >= 0.3 is 17.9 Å². The van der Waals surface area contributed by atoms with Crippen LogP contribution >= 0.6 is 0 Å². The van der Waals surface area contributed by atoms with Gasteiger partial charge in [-0.15, -0.1) is 0 Å². The monoisotopic (exact) mass is 757 g/mol. The molecule has 2 fully saturated rings. The minimum Gasteiger partial charge on any atom is -0.491 e. The number of rotatable bonds is 10. The zero-order valence-electron chi connectivity index (χ0n) is 30.5. The van der Waals surface area contributed by atoms with Crippen molar-refractivity contribution >= 4 is 35.4 Å². The van der Waals surface area contributed by atoms with Gasteiger partial charge in [0, 0.05) is 17.7 Å². The Morgan fingerprint density at radius 1 is 0.875 bits per heavy atom. The summed E-state index contributed by atoms with van der Waals surface area (Å²) in [6.07, 6.45) is -1.06. The van der Waals surface area contributed by atoms with E-state index in [1.54, 1.807) is 42.5 Å². The standard InChI is InChI=1S/C43H39N3O10/c1-53-39(49)30(40(50)54-2)15-9-10-25-16-21-32-31(24-25)43(42(52)45-32)33(38(44)48)35-41(51)56-36(27-13-7-4-8-14-27)34(26-11-5-3-6-12-26)46(35)37(43)28-17-19-29(20-18-28)55-23-22-47/h3-8,11-14,16-21,24,30,33-37,47H,15,22-23H2,1-2H3,(H2,44,48)(H,45,52)/t33-,34-,35-,36+,37+,43-/m0/s1. The van der Waals surface area contributed by atoms with Gasteiger partial charge in [0.15, 0.2) is 5.92 Å². The van der Waals surface area contributed by atoms with Crippen molar-refractivity contribution in [3.63, 3.8) is 0 Å². The van der Waals surface area contributed by atoms with Crippen LogP contribution in [0.25, 0.3) is 0 Å². The fraction of sp³-hybridized carbons (Fsp3) is 0.279. The Balaban J connectivity index is 1.45. The van der Waals surface area contributed by atoms with Crippen LogP contribution in [-0.4, -0.2) is 73.2 Å². The number of esters is 3. The van der Waals surface area contributed by atoms with Crippen LogP contribution in [0.3, 0.4) is 0 Å². The molecule has 13 nitrogen and oxygen atoms in total. The van der Waals surface area contributed by atoms with E-state index in [0.29, 0.717) is 33.7 Å². The third kappa shape index (κ3) is 6.42. The molecule has 2 amide bonds. The van der Waals surface area contributed by atoms with Crippen molar-refractivity contribution in [2.45, 2.75) is 36.1 Å². The number of nitrogens with two attached hydrogens (primary N) is 1. The van der Waals surface area contributed by atoms with Crippen LogP contribution in [0.1, 0.15) is 52.4 Å². The number of cyclic esters (lactones) is 1. The summed E-state index contributed by atoms with van der Waals surface area (Å²) in [6, 6.07) is 27.6. The largest absolute Gasteiger partial charge is 0.491 e. The highest BCUT2D eigenvalue weighted by atomic mass is 16.6. The van der Waals surface area contributed by atoms with E-state index in [2.05, 4.69) is 17.2 Å². The Kier molecular flexibility index (Phi) is 10.6. The van der Waals surface area contributed by atoms with Gasteiger partial charge in [-0.25, -0.2) is 0 Å². The molecule has 56 heavy (non-hydrogen) atoms. The van der Waals surface area contributed by atoms with Crippen molar-refractivity contribution in [3.05, 3.63) is 131 Å². The number of fused-ring (bicyclic) bond motifs is 3. The first-order valence-corrected chi connectivity index (χ1v) is 18.0. The maximum absolute atomic E-state index is 14.9. The third-order valence-corrected chi connectivity index (χ3v) is 10.7. The fourth-order valence-corrected chi connectivity index (χ4v) is 8.41. The summed E-state index contributed by atoms with van der Waals surface area (Å²) >= 11 is 0. The first-order valence-electron chi connectivity index (χ1n) is 18.0. The molecular weight excluding hydrogens is 718 g/mol. The number of anilines is 1. The summed E-state index contributed by atoms with van der Waals surface area (Å²) < 4.78 is 21.5. The number of hydrogen-bond acceptors (Lipinski definition) is 11. The van der Waals surface area contributed by atoms with Crippen molar-refractivity contribution in [2.75, 3.05) is 32.8 Å².